The normalized spacial score (nSPS) is 23.5. The molecule has 0 bridgehead atoms. The van der Waals surface area contributed by atoms with E-state index < -0.39 is 15.6 Å². The summed E-state index contributed by atoms with van der Waals surface area (Å²) in [5.74, 6) is 22.0. The SMILES string of the molecule is C[C]1[C](C)[C](C)[C](C)[C]1C.C[C]1[C](C)[C](C)[C](C)[C]1C.C[C]1[C](C)[C](C)[C](C)[C]1C.F[P-](F)(F)(F)(F)F.F[P-](F)(F)(F)(F)F.[CH-][CH][CH][C-][CH2].[Ru+2].[Ru+2].[Ru+4]. The minimum atomic E-state index is -10.7. The van der Waals surface area contributed by atoms with Crippen molar-refractivity contribution in [1.82, 2.24) is 0 Å². The number of hydrogen-bond acceptors (Lipinski definition) is 0. The molecule has 304 valence electrons. The Hall–Kier alpha value is 1.89. The van der Waals surface area contributed by atoms with Gasteiger partial charge in [0.05, 0.1) is 0 Å². The van der Waals surface area contributed by atoms with Crippen molar-refractivity contribution in [2.24, 2.45) is 0 Å². The number of halogens is 12. The molecule has 3 aliphatic rings. The van der Waals surface area contributed by atoms with Crippen LogP contribution in [-0.4, -0.2) is 0 Å². The van der Waals surface area contributed by atoms with Gasteiger partial charge in [0.2, 0.25) is 0 Å². The largest absolute Gasteiger partial charge is 4.00 e. The van der Waals surface area contributed by atoms with Gasteiger partial charge in [-0.15, -0.1) is 0 Å². The Balaban J connectivity index is -0.000000123. The van der Waals surface area contributed by atoms with Crippen LogP contribution in [0.2, 0.25) is 0 Å². The van der Waals surface area contributed by atoms with Crippen molar-refractivity contribution in [3.63, 3.8) is 0 Å². The van der Waals surface area contributed by atoms with Crippen LogP contribution in [-0.2, 0) is 58.4 Å². The van der Waals surface area contributed by atoms with E-state index >= 15 is 0 Å². The molecule has 3 saturated carbocycles. The smallest absolute Gasteiger partial charge is 0.496 e. The van der Waals surface area contributed by atoms with E-state index in [9.17, 15) is 50.4 Å². The molecule has 0 aromatic heterocycles. The molecule has 0 N–H and O–H groups in total. The number of rotatable bonds is 2. The van der Waals surface area contributed by atoms with Crippen LogP contribution in [0.3, 0.4) is 0 Å². The third-order valence-corrected chi connectivity index (χ3v) is 8.65. The molecule has 0 aliphatic heterocycles. The molecule has 0 unspecified atom stereocenters. The summed E-state index contributed by atoms with van der Waals surface area (Å²) in [6.45, 7) is 41.1. The Kier molecular flexibility index (Phi) is 28.2. The van der Waals surface area contributed by atoms with Crippen molar-refractivity contribution >= 4 is 15.6 Å². The van der Waals surface area contributed by atoms with E-state index in [0.717, 1.165) is 0 Å². The standard InChI is InChI=1S/3C10H15.C5H5.2F6P.3Ru/c3*1-6-7(2)9(4)10(5)8(6)3;1-3-5-4-2;2*1-7(2,3,4,5)6;;;/h3*1-5H3;1,3,5H,2H2;;;;;/q;;;-2;2*-1;2*+2;+4. The summed E-state index contributed by atoms with van der Waals surface area (Å²) in [5.41, 5.74) is 0. The first-order valence-electron chi connectivity index (χ1n) is 14.6. The molecule has 0 saturated heterocycles. The molecule has 0 nitrogen and oxygen atoms in total. The van der Waals surface area contributed by atoms with Gasteiger partial charge in [-0.25, -0.2) is 13.3 Å². The second kappa shape index (κ2) is 22.3. The Bertz CT molecular complexity index is 693. The van der Waals surface area contributed by atoms with Crippen molar-refractivity contribution in [2.75, 3.05) is 0 Å². The molecule has 0 amide bonds. The second-order valence-corrected chi connectivity index (χ2v) is 15.7. The van der Waals surface area contributed by atoms with E-state index in [4.69, 9.17) is 6.92 Å². The number of unbranched alkanes of at least 4 members (excludes halogenated alkanes) is 2. The maximum Gasteiger partial charge on any atom is 4.00 e. The van der Waals surface area contributed by atoms with Gasteiger partial charge in [0.1, 0.15) is 0 Å². The predicted octanol–water partition coefficient (Wildman–Crippen LogP) is 16.7. The van der Waals surface area contributed by atoms with Gasteiger partial charge < -0.3 is 13.3 Å². The van der Waals surface area contributed by atoms with E-state index in [1.807, 2.05) is 0 Å². The third-order valence-electron chi connectivity index (χ3n) is 8.65. The van der Waals surface area contributed by atoms with Crippen LogP contribution in [0.15, 0.2) is 0 Å². The summed E-state index contributed by atoms with van der Waals surface area (Å²) in [6.07, 6.45) is 5.39. The number of hydrogen-bond donors (Lipinski definition) is 0. The molecular weight excluding hydrogens is 1010 g/mol. The van der Waals surface area contributed by atoms with Crippen LogP contribution in [0.1, 0.15) is 104 Å². The van der Waals surface area contributed by atoms with Gasteiger partial charge in [-0.3, -0.25) is 6.42 Å². The molecular formula is C35H50F12P2Ru3+4. The van der Waals surface area contributed by atoms with Crippen molar-refractivity contribution in [2.45, 2.75) is 104 Å². The summed E-state index contributed by atoms with van der Waals surface area (Å²) in [6, 6.07) is 0. The molecule has 0 aromatic carbocycles. The van der Waals surface area contributed by atoms with Crippen molar-refractivity contribution in [3.05, 3.63) is 122 Å². The fourth-order valence-electron chi connectivity index (χ4n) is 4.29. The van der Waals surface area contributed by atoms with Gasteiger partial charge in [0.15, 0.2) is 0 Å². The van der Waals surface area contributed by atoms with Crippen LogP contribution < -0.4 is 0 Å². The predicted molar refractivity (Wildman–Crippen MR) is 182 cm³/mol. The van der Waals surface area contributed by atoms with Gasteiger partial charge in [-0.1, -0.05) is 104 Å². The topological polar surface area (TPSA) is 0 Å². The van der Waals surface area contributed by atoms with Crippen LogP contribution >= 0.6 is 15.6 Å². The Labute approximate surface area is 348 Å². The minimum absolute atomic E-state index is 0. The summed E-state index contributed by atoms with van der Waals surface area (Å²) in [5, 5.41) is 0. The maximum absolute atomic E-state index is 10.7. The van der Waals surface area contributed by atoms with Crippen LogP contribution in [0.4, 0.5) is 50.4 Å². The van der Waals surface area contributed by atoms with Gasteiger partial charge in [0, 0.05) is 0 Å². The van der Waals surface area contributed by atoms with Gasteiger partial charge >= 0.3 is 124 Å². The quantitative estimate of drug-likeness (QED) is 0.112. The molecule has 52 heavy (non-hydrogen) atoms. The summed E-state index contributed by atoms with van der Waals surface area (Å²) < 4.78 is 118. The molecule has 0 spiro atoms. The fraction of sp³-hybridized carbons (Fsp3) is 0.429. The molecule has 0 atom stereocenters. The zero-order valence-corrected chi connectivity index (χ0v) is 38.9. The third kappa shape index (κ3) is 32.9. The van der Waals surface area contributed by atoms with Gasteiger partial charge in [-0.2, -0.15) is 0 Å². The zero-order valence-electron chi connectivity index (χ0n) is 31.9. The molecule has 0 aromatic rings. The monoisotopic (exact) mass is 1070 g/mol. The average molecular weight is 1060 g/mol. The molecule has 20 radical (unpaired) electrons. The van der Waals surface area contributed by atoms with E-state index in [0.29, 0.717) is 0 Å². The zero-order chi connectivity index (χ0) is 40.6. The molecule has 3 fully saturated rings. The van der Waals surface area contributed by atoms with Crippen molar-refractivity contribution in [3.8, 4) is 0 Å². The molecule has 0 heterocycles. The Morgan fingerprint density at radius 1 is 0.365 bits per heavy atom. The molecule has 3 rings (SSSR count). The Morgan fingerprint density at radius 3 is 0.462 bits per heavy atom. The van der Waals surface area contributed by atoms with E-state index in [2.05, 4.69) is 117 Å². The Morgan fingerprint density at radius 2 is 0.442 bits per heavy atom. The van der Waals surface area contributed by atoms with Gasteiger partial charge in [-0.05, 0) is 88.8 Å². The first kappa shape index (κ1) is 65.7. The fourth-order valence-corrected chi connectivity index (χ4v) is 4.29. The van der Waals surface area contributed by atoms with E-state index in [-0.39, 0.29) is 58.4 Å². The summed E-state index contributed by atoms with van der Waals surface area (Å²) in [4.78, 5) is 0. The van der Waals surface area contributed by atoms with Crippen LogP contribution in [0.5, 0.6) is 0 Å². The minimum Gasteiger partial charge on any atom is -0.496 e. The van der Waals surface area contributed by atoms with E-state index in [1.165, 1.54) is 95.2 Å². The summed E-state index contributed by atoms with van der Waals surface area (Å²) >= 11 is 0. The van der Waals surface area contributed by atoms with Crippen LogP contribution in [0.25, 0.3) is 0 Å². The molecule has 17 heteroatoms. The van der Waals surface area contributed by atoms with E-state index in [1.54, 1.807) is 6.42 Å². The maximum atomic E-state index is 9.87. The average Bonchev–Trinajstić information content (AvgIpc) is 3.26. The second-order valence-electron chi connectivity index (χ2n) is 11.9. The van der Waals surface area contributed by atoms with Gasteiger partial charge in [0.25, 0.3) is 0 Å². The summed E-state index contributed by atoms with van der Waals surface area (Å²) in [7, 11) is -21.3. The first-order chi connectivity index (χ1) is 21.0. The molecule has 3 aliphatic carbocycles. The van der Waals surface area contributed by atoms with Crippen molar-refractivity contribution in [1.29, 1.82) is 0 Å². The van der Waals surface area contributed by atoms with Crippen molar-refractivity contribution < 1.29 is 109 Å². The van der Waals surface area contributed by atoms with Crippen LogP contribution in [0, 0.1) is 122 Å². The first-order valence-corrected chi connectivity index (χ1v) is 18.6.